The summed E-state index contributed by atoms with van der Waals surface area (Å²) in [6.07, 6.45) is 4.80. The number of rotatable bonds is 8. The highest BCUT2D eigenvalue weighted by Gasteiger charge is 2.23. The number of anilines is 3. The molecule has 1 aliphatic carbocycles. The van der Waals surface area contributed by atoms with E-state index in [1.54, 1.807) is 6.20 Å². The van der Waals surface area contributed by atoms with Crippen molar-refractivity contribution in [3.8, 4) is 0 Å². The molecule has 3 N–H and O–H groups in total. The van der Waals surface area contributed by atoms with Gasteiger partial charge in [-0.2, -0.15) is 0 Å². The van der Waals surface area contributed by atoms with Gasteiger partial charge in [0.2, 0.25) is 5.91 Å². The summed E-state index contributed by atoms with van der Waals surface area (Å²) in [7, 11) is 0. The molecule has 7 heteroatoms. The number of aromatic nitrogens is 3. The van der Waals surface area contributed by atoms with E-state index < -0.39 is 0 Å². The van der Waals surface area contributed by atoms with Crippen LogP contribution in [-0.2, 0) is 4.79 Å². The molecular weight excluding hydrogens is 316 g/mol. The minimum atomic E-state index is 0.135. The van der Waals surface area contributed by atoms with Gasteiger partial charge < -0.3 is 16.0 Å². The molecule has 1 amide bonds. The SMILES string of the molecule is Cc1ccnc(Nc2cc(NCCNC(=O)CC3CC3)nc(C)n2)c1. The van der Waals surface area contributed by atoms with Crippen molar-refractivity contribution in [1.82, 2.24) is 20.3 Å². The van der Waals surface area contributed by atoms with Gasteiger partial charge in [0.25, 0.3) is 0 Å². The molecule has 1 aliphatic rings. The van der Waals surface area contributed by atoms with Crippen LogP contribution >= 0.6 is 0 Å². The lowest BCUT2D eigenvalue weighted by atomic mass is 10.3. The number of carbonyl (C=O) groups excluding carboxylic acids is 1. The lowest BCUT2D eigenvalue weighted by Gasteiger charge is -2.10. The fraction of sp³-hybridized carbons (Fsp3) is 0.444. The third-order valence-corrected chi connectivity index (χ3v) is 3.93. The van der Waals surface area contributed by atoms with Gasteiger partial charge in [-0.3, -0.25) is 4.79 Å². The van der Waals surface area contributed by atoms with Crippen LogP contribution < -0.4 is 16.0 Å². The van der Waals surface area contributed by atoms with Crippen molar-refractivity contribution >= 4 is 23.4 Å². The van der Waals surface area contributed by atoms with Crippen LogP contribution in [0.15, 0.2) is 24.4 Å². The van der Waals surface area contributed by atoms with Crippen molar-refractivity contribution in [3.05, 3.63) is 35.8 Å². The maximum atomic E-state index is 11.7. The summed E-state index contributed by atoms with van der Waals surface area (Å²) in [5.41, 5.74) is 1.13. The average molecular weight is 340 g/mol. The molecule has 0 radical (unpaired) electrons. The first-order valence-corrected chi connectivity index (χ1v) is 8.64. The first kappa shape index (κ1) is 17.1. The molecule has 0 unspecified atom stereocenters. The van der Waals surface area contributed by atoms with Crippen LogP contribution in [0.3, 0.4) is 0 Å². The summed E-state index contributed by atoms with van der Waals surface area (Å²) in [5.74, 6) is 3.57. The quantitative estimate of drug-likeness (QED) is 0.640. The Balaban J connectivity index is 1.51. The Labute approximate surface area is 147 Å². The number of hydrogen-bond donors (Lipinski definition) is 3. The standard InChI is InChI=1S/C18H24N6O/c1-12-5-6-19-15(9-12)24-17-11-16(22-13(2)23-17)20-7-8-21-18(25)10-14-3-4-14/h5-6,9,11,14H,3-4,7-8,10H2,1-2H3,(H,21,25)(H2,19,20,22,23,24). The molecule has 1 fully saturated rings. The largest absolute Gasteiger partial charge is 0.368 e. The Morgan fingerprint density at radius 3 is 2.68 bits per heavy atom. The molecule has 25 heavy (non-hydrogen) atoms. The van der Waals surface area contributed by atoms with Crippen molar-refractivity contribution < 1.29 is 4.79 Å². The second-order valence-electron chi connectivity index (χ2n) is 6.45. The van der Waals surface area contributed by atoms with Crippen molar-refractivity contribution in [2.45, 2.75) is 33.1 Å². The van der Waals surface area contributed by atoms with E-state index in [-0.39, 0.29) is 5.91 Å². The molecule has 0 aliphatic heterocycles. The number of carbonyl (C=O) groups is 1. The molecule has 2 aromatic rings. The summed E-state index contributed by atoms with van der Waals surface area (Å²) in [4.78, 5) is 24.7. The Morgan fingerprint density at radius 2 is 1.92 bits per heavy atom. The van der Waals surface area contributed by atoms with Crippen molar-refractivity contribution in [2.75, 3.05) is 23.7 Å². The number of nitrogens with one attached hydrogen (secondary N) is 3. The van der Waals surface area contributed by atoms with Gasteiger partial charge in [0, 0.05) is 31.8 Å². The Morgan fingerprint density at radius 1 is 1.12 bits per heavy atom. The van der Waals surface area contributed by atoms with E-state index in [2.05, 4.69) is 30.9 Å². The summed E-state index contributed by atoms with van der Waals surface area (Å²) in [5, 5.41) is 9.34. The Kier molecular flexibility index (Phi) is 5.42. The highest BCUT2D eigenvalue weighted by atomic mass is 16.1. The topological polar surface area (TPSA) is 91.8 Å². The zero-order chi connectivity index (χ0) is 17.6. The fourth-order valence-corrected chi connectivity index (χ4v) is 2.51. The third kappa shape index (κ3) is 5.70. The van der Waals surface area contributed by atoms with E-state index in [0.717, 1.165) is 17.2 Å². The van der Waals surface area contributed by atoms with Crippen molar-refractivity contribution in [3.63, 3.8) is 0 Å². The minimum Gasteiger partial charge on any atom is -0.368 e. The highest BCUT2D eigenvalue weighted by molar-refractivity contribution is 5.76. The molecule has 0 atom stereocenters. The fourth-order valence-electron chi connectivity index (χ4n) is 2.51. The second-order valence-corrected chi connectivity index (χ2v) is 6.45. The van der Waals surface area contributed by atoms with Crippen LogP contribution in [-0.4, -0.2) is 33.9 Å². The van der Waals surface area contributed by atoms with Gasteiger partial charge in [-0.25, -0.2) is 15.0 Å². The summed E-state index contributed by atoms with van der Waals surface area (Å²) in [6, 6.07) is 5.74. The number of amides is 1. The maximum Gasteiger partial charge on any atom is 0.220 e. The molecule has 0 bridgehead atoms. The second kappa shape index (κ2) is 7.92. The van der Waals surface area contributed by atoms with Gasteiger partial charge >= 0.3 is 0 Å². The van der Waals surface area contributed by atoms with Gasteiger partial charge in [0.1, 0.15) is 23.3 Å². The summed E-state index contributed by atoms with van der Waals surface area (Å²) < 4.78 is 0. The average Bonchev–Trinajstić information content (AvgIpc) is 3.35. The maximum absolute atomic E-state index is 11.7. The molecule has 2 aromatic heterocycles. The Bertz CT molecular complexity index is 744. The zero-order valence-corrected chi connectivity index (χ0v) is 14.7. The molecule has 132 valence electrons. The van der Waals surface area contributed by atoms with Gasteiger partial charge in [0.05, 0.1) is 0 Å². The zero-order valence-electron chi connectivity index (χ0n) is 14.7. The molecule has 3 rings (SSSR count). The smallest absolute Gasteiger partial charge is 0.220 e. The minimum absolute atomic E-state index is 0.135. The normalized spacial score (nSPS) is 13.4. The molecule has 1 saturated carbocycles. The molecular formula is C18H24N6O. The molecule has 0 saturated heterocycles. The third-order valence-electron chi connectivity index (χ3n) is 3.93. The van der Waals surface area contributed by atoms with Crippen LogP contribution in [0.2, 0.25) is 0 Å². The van der Waals surface area contributed by atoms with E-state index in [4.69, 9.17) is 0 Å². The highest BCUT2D eigenvalue weighted by Crippen LogP contribution is 2.31. The van der Waals surface area contributed by atoms with Gasteiger partial charge in [-0.05, 0) is 50.3 Å². The van der Waals surface area contributed by atoms with Crippen LogP contribution in [0.5, 0.6) is 0 Å². The first-order valence-electron chi connectivity index (χ1n) is 8.64. The lowest BCUT2D eigenvalue weighted by Crippen LogP contribution is -2.29. The predicted octanol–water partition coefficient (Wildman–Crippen LogP) is 2.56. The summed E-state index contributed by atoms with van der Waals surface area (Å²) in [6.45, 7) is 5.06. The number of pyridine rings is 1. The van der Waals surface area contributed by atoms with Gasteiger partial charge in [0.15, 0.2) is 0 Å². The van der Waals surface area contributed by atoms with Crippen LogP contribution in [0.25, 0.3) is 0 Å². The molecule has 7 nitrogen and oxygen atoms in total. The van der Waals surface area contributed by atoms with Crippen molar-refractivity contribution in [2.24, 2.45) is 5.92 Å². The molecule has 0 aromatic carbocycles. The summed E-state index contributed by atoms with van der Waals surface area (Å²) >= 11 is 0. The van der Waals surface area contributed by atoms with Crippen LogP contribution in [0.1, 0.15) is 30.7 Å². The van der Waals surface area contributed by atoms with Crippen molar-refractivity contribution in [1.29, 1.82) is 0 Å². The van der Waals surface area contributed by atoms with Gasteiger partial charge in [-0.1, -0.05) is 0 Å². The van der Waals surface area contributed by atoms with Crippen LogP contribution in [0.4, 0.5) is 17.5 Å². The number of aryl methyl sites for hydroxylation is 2. The Hall–Kier alpha value is -2.70. The van der Waals surface area contributed by atoms with Gasteiger partial charge in [-0.15, -0.1) is 0 Å². The van der Waals surface area contributed by atoms with E-state index in [9.17, 15) is 4.79 Å². The predicted molar refractivity (Wildman–Crippen MR) is 97.9 cm³/mol. The lowest BCUT2D eigenvalue weighted by molar-refractivity contribution is -0.121. The van der Waals surface area contributed by atoms with E-state index in [0.29, 0.717) is 37.1 Å². The number of hydrogen-bond acceptors (Lipinski definition) is 6. The van der Waals surface area contributed by atoms with Crippen LogP contribution in [0, 0.1) is 19.8 Å². The van der Waals surface area contributed by atoms with E-state index >= 15 is 0 Å². The van der Waals surface area contributed by atoms with E-state index in [1.165, 1.54) is 12.8 Å². The first-order chi connectivity index (χ1) is 12.1. The molecule has 0 spiro atoms. The monoisotopic (exact) mass is 340 g/mol. The van der Waals surface area contributed by atoms with E-state index in [1.807, 2.05) is 32.0 Å². The molecule has 2 heterocycles. The number of nitrogens with zero attached hydrogens (tertiary/aromatic N) is 3.